The van der Waals surface area contributed by atoms with Crippen LogP contribution in [0.15, 0.2) is 6.07 Å². The van der Waals surface area contributed by atoms with Gasteiger partial charge < -0.3 is 11.1 Å². The van der Waals surface area contributed by atoms with Gasteiger partial charge in [-0.15, -0.1) is 0 Å². The molecule has 0 fully saturated rings. The van der Waals surface area contributed by atoms with Gasteiger partial charge in [0.2, 0.25) is 0 Å². The summed E-state index contributed by atoms with van der Waals surface area (Å²) in [6, 6.07) is 1.66. The van der Waals surface area contributed by atoms with Gasteiger partial charge in [-0.3, -0.25) is 0 Å². The monoisotopic (exact) mass is 239 g/mol. The van der Waals surface area contributed by atoms with Gasteiger partial charge in [0.1, 0.15) is 10.8 Å². The Kier molecular flexibility index (Phi) is 4.19. The van der Waals surface area contributed by atoms with E-state index in [1.54, 1.807) is 6.07 Å². The minimum atomic E-state index is -4.05. The van der Waals surface area contributed by atoms with Crippen molar-refractivity contribution in [3.8, 4) is 0 Å². The summed E-state index contributed by atoms with van der Waals surface area (Å²) >= 11 is 1.20. The predicted molar refractivity (Wildman–Crippen MR) is 54.9 cm³/mol. The second kappa shape index (κ2) is 5.20. The fourth-order valence-electron chi connectivity index (χ4n) is 1.03. The summed E-state index contributed by atoms with van der Waals surface area (Å²) < 4.78 is 39.1. The van der Waals surface area contributed by atoms with Crippen molar-refractivity contribution in [2.45, 2.75) is 25.4 Å². The summed E-state index contributed by atoms with van der Waals surface area (Å²) in [5.41, 5.74) is 5.38. The summed E-state index contributed by atoms with van der Waals surface area (Å²) in [4.78, 5) is 0. The van der Waals surface area contributed by atoms with Crippen molar-refractivity contribution >= 4 is 22.4 Å². The van der Waals surface area contributed by atoms with Crippen molar-refractivity contribution in [3.05, 3.63) is 6.07 Å². The molecule has 0 aliphatic rings. The number of unbranched alkanes of at least 4 members (excludes halogenated alkanes) is 1. The first kappa shape index (κ1) is 12.1. The lowest BCUT2D eigenvalue weighted by atomic mass is 10.2. The average Bonchev–Trinajstić information content (AvgIpc) is 2.49. The molecule has 0 atom stereocenters. The maximum atomic E-state index is 11.8. The summed E-state index contributed by atoms with van der Waals surface area (Å²) in [5, 5.41) is 3.75. The molecule has 0 bridgehead atoms. The summed E-state index contributed by atoms with van der Waals surface area (Å²) in [7, 11) is 0. The first-order valence-electron chi connectivity index (χ1n) is 4.50. The zero-order valence-corrected chi connectivity index (χ0v) is 8.79. The zero-order valence-electron chi connectivity index (χ0n) is 7.97. The molecule has 0 aliphatic carbocycles. The van der Waals surface area contributed by atoms with Crippen LogP contribution in [0.1, 0.15) is 19.3 Å². The summed E-state index contributed by atoms with van der Waals surface area (Å²) in [6.45, 7) is 0.512. The number of halogens is 3. The van der Waals surface area contributed by atoms with Gasteiger partial charge >= 0.3 is 6.18 Å². The lowest BCUT2D eigenvalue weighted by Gasteiger charge is -2.05. The Morgan fingerprint density at radius 3 is 2.67 bits per heavy atom. The van der Waals surface area contributed by atoms with Crippen LogP contribution in [0.3, 0.4) is 0 Å². The number of nitrogen functional groups attached to an aromatic ring is 1. The van der Waals surface area contributed by atoms with Crippen molar-refractivity contribution in [2.24, 2.45) is 0 Å². The van der Waals surface area contributed by atoms with Crippen LogP contribution in [-0.4, -0.2) is 17.1 Å². The van der Waals surface area contributed by atoms with Crippen molar-refractivity contribution < 1.29 is 13.2 Å². The van der Waals surface area contributed by atoms with Crippen molar-refractivity contribution in [1.82, 2.24) is 4.37 Å². The summed E-state index contributed by atoms with van der Waals surface area (Å²) in [5.74, 6) is 0.429. The minimum Gasteiger partial charge on any atom is -0.383 e. The van der Waals surface area contributed by atoms with E-state index < -0.39 is 12.6 Å². The Labute approximate surface area is 89.6 Å². The van der Waals surface area contributed by atoms with E-state index in [0.717, 1.165) is 5.00 Å². The number of hydrogen-bond donors (Lipinski definition) is 2. The molecule has 0 aromatic carbocycles. The molecule has 1 aromatic rings. The van der Waals surface area contributed by atoms with E-state index in [-0.39, 0.29) is 6.42 Å². The molecule has 3 nitrogen and oxygen atoms in total. The fourth-order valence-corrected chi connectivity index (χ4v) is 1.63. The average molecular weight is 239 g/mol. The lowest BCUT2D eigenvalue weighted by molar-refractivity contribution is -0.135. The van der Waals surface area contributed by atoms with Gasteiger partial charge in [0, 0.05) is 19.0 Å². The molecule has 86 valence electrons. The normalized spacial score (nSPS) is 11.7. The molecule has 1 rings (SSSR count). The van der Waals surface area contributed by atoms with E-state index in [2.05, 4.69) is 9.69 Å². The Hall–Kier alpha value is -0.980. The lowest BCUT2D eigenvalue weighted by Crippen LogP contribution is -2.08. The molecular weight excluding hydrogens is 227 g/mol. The molecule has 0 amide bonds. The SMILES string of the molecule is Nc1cc(NCCCCC(F)(F)F)sn1. The molecule has 3 N–H and O–H groups in total. The van der Waals surface area contributed by atoms with Gasteiger partial charge in [-0.05, 0) is 24.4 Å². The molecule has 1 aromatic heterocycles. The molecule has 0 saturated carbocycles. The van der Waals surface area contributed by atoms with Gasteiger partial charge in [-0.25, -0.2) is 0 Å². The maximum Gasteiger partial charge on any atom is 0.389 e. The van der Waals surface area contributed by atoms with Gasteiger partial charge in [-0.1, -0.05) is 0 Å². The highest BCUT2D eigenvalue weighted by Gasteiger charge is 2.25. The van der Waals surface area contributed by atoms with Crippen LogP contribution in [0.4, 0.5) is 24.0 Å². The number of anilines is 2. The number of aromatic nitrogens is 1. The quantitative estimate of drug-likeness (QED) is 0.777. The molecule has 0 radical (unpaired) electrons. The Morgan fingerprint density at radius 2 is 2.13 bits per heavy atom. The largest absolute Gasteiger partial charge is 0.389 e. The number of alkyl halides is 3. The minimum absolute atomic E-state index is 0.144. The fraction of sp³-hybridized carbons (Fsp3) is 0.625. The topological polar surface area (TPSA) is 50.9 Å². The van der Waals surface area contributed by atoms with E-state index >= 15 is 0 Å². The molecule has 0 spiro atoms. The van der Waals surface area contributed by atoms with Gasteiger partial charge in [-0.2, -0.15) is 17.5 Å². The second-order valence-corrected chi connectivity index (χ2v) is 3.92. The highest BCUT2D eigenvalue weighted by molar-refractivity contribution is 7.10. The van der Waals surface area contributed by atoms with Crippen molar-refractivity contribution in [3.63, 3.8) is 0 Å². The molecule has 0 unspecified atom stereocenters. The van der Waals surface area contributed by atoms with Crippen LogP contribution < -0.4 is 11.1 Å². The van der Waals surface area contributed by atoms with E-state index in [0.29, 0.717) is 18.8 Å². The van der Waals surface area contributed by atoms with Crippen LogP contribution in [0, 0.1) is 0 Å². The van der Waals surface area contributed by atoms with Gasteiger partial charge in [0.25, 0.3) is 0 Å². The zero-order chi connectivity index (χ0) is 11.3. The molecule has 0 aliphatic heterocycles. The Bertz CT molecular complexity index is 298. The summed E-state index contributed by atoms with van der Waals surface area (Å²) in [6.07, 6.45) is -4.14. The van der Waals surface area contributed by atoms with E-state index in [1.807, 2.05) is 0 Å². The van der Waals surface area contributed by atoms with E-state index in [1.165, 1.54) is 11.5 Å². The standard InChI is InChI=1S/C8H12F3N3S/c9-8(10,11)3-1-2-4-13-7-5-6(12)14-15-7/h5,13H,1-4H2,(H2,12,14). The first-order valence-corrected chi connectivity index (χ1v) is 5.27. The molecule has 7 heteroatoms. The molecule has 15 heavy (non-hydrogen) atoms. The van der Waals surface area contributed by atoms with Gasteiger partial charge in [0.15, 0.2) is 0 Å². The molecule has 1 heterocycles. The molecular formula is C8H12F3N3S. The maximum absolute atomic E-state index is 11.8. The second-order valence-electron chi connectivity index (χ2n) is 3.12. The van der Waals surface area contributed by atoms with Crippen LogP contribution in [-0.2, 0) is 0 Å². The Morgan fingerprint density at radius 1 is 1.40 bits per heavy atom. The number of nitrogens with two attached hydrogens (primary N) is 1. The van der Waals surface area contributed by atoms with Crippen LogP contribution in [0.5, 0.6) is 0 Å². The smallest absolute Gasteiger partial charge is 0.383 e. The van der Waals surface area contributed by atoms with Crippen LogP contribution in [0.25, 0.3) is 0 Å². The number of hydrogen-bond acceptors (Lipinski definition) is 4. The van der Waals surface area contributed by atoms with E-state index in [9.17, 15) is 13.2 Å². The third-order valence-electron chi connectivity index (χ3n) is 1.71. The number of rotatable bonds is 5. The van der Waals surface area contributed by atoms with Crippen LogP contribution in [0.2, 0.25) is 0 Å². The number of nitrogens with one attached hydrogen (secondary N) is 1. The predicted octanol–water partition coefficient (Wildman–Crippen LogP) is 2.87. The third kappa shape index (κ3) is 5.46. The third-order valence-corrected chi connectivity index (χ3v) is 2.48. The number of nitrogens with zero attached hydrogens (tertiary/aromatic N) is 1. The van der Waals surface area contributed by atoms with Crippen molar-refractivity contribution in [2.75, 3.05) is 17.6 Å². The molecule has 0 saturated heterocycles. The van der Waals surface area contributed by atoms with Gasteiger partial charge in [0.05, 0.1) is 0 Å². The van der Waals surface area contributed by atoms with Crippen molar-refractivity contribution in [1.29, 1.82) is 0 Å². The van der Waals surface area contributed by atoms with E-state index in [4.69, 9.17) is 5.73 Å². The Balaban J connectivity index is 2.07. The highest BCUT2D eigenvalue weighted by Crippen LogP contribution is 2.22. The highest BCUT2D eigenvalue weighted by atomic mass is 32.1. The first-order chi connectivity index (χ1) is 6.97. The van der Waals surface area contributed by atoms with Crippen LogP contribution >= 0.6 is 11.5 Å².